The predicted octanol–water partition coefficient (Wildman–Crippen LogP) is 2.87. The minimum absolute atomic E-state index is 0.216. The second-order valence-corrected chi connectivity index (χ2v) is 6.82. The number of esters is 2. The average Bonchev–Trinajstić information content (AvgIpc) is 2.90. The number of thioether (sulfide) groups is 1. The second-order valence-electron chi connectivity index (χ2n) is 5.73. The van der Waals surface area contributed by atoms with Crippen molar-refractivity contribution in [3.8, 4) is 0 Å². The van der Waals surface area contributed by atoms with Gasteiger partial charge in [-0.25, -0.2) is 0 Å². The van der Waals surface area contributed by atoms with Crippen molar-refractivity contribution in [3.63, 3.8) is 0 Å². The van der Waals surface area contributed by atoms with Gasteiger partial charge in [-0.3, -0.25) is 14.4 Å². The average molecular weight is 350 g/mol. The SMILES string of the molecule is CCOC(=O)CC1(C(=O)OC)C(=O)CCC1CSc1ccccc1. The molecule has 2 atom stereocenters. The number of carbonyl (C=O) groups excluding carboxylic acids is 3. The quantitative estimate of drug-likeness (QED) is 0.428. The van der Waals surface area contributed by atoms with Gasteiger partial charge in [0.15, 0.2) is 5.78 Å². The molecule has 0 saturated heterocycles. The van der Waals surface area contributed by atoms with Crippen molar-refractivity contribution in [2.24, 2.45) is 11.3 Å². The van der Waals surface area contributed by atoms with E-state index in [4.69, 9.17) is 9.47 Å². The third-order valence-electron chi connectivity index (χ3n) is 4.39. The molecule has 6 heteroatoms. The molecule has 0 N–H and O–H groups in total. The van der Waals surface area contributed by atoms with Crippen molar-refractivity contribution >= 4 is 29.5 Å². The van der Waals surface area contributed by atoms with Gasteiger partial charge in [-0.1, -0.05) is 18.2 Å². The molecule has 1 aliphatic carbocycles. The van der Waals surface area contributed by atoms with Gasteiger partial charge in [-0.2, -0.15) is 0 Å². The van der Waals surface area contributed by atoms with Crippen molar-refractivity contribution in [3.05, 3.63) is 30.3 Å². The lowest BCUT2D eigenvalue weighted by Gasteiger charge is -2.30. The van der Waals surface area contributed by atoms with E-state index >= 15 is 0 Å². The normalized spacial score (nSPS) is 23.1. The van der Waals surface area contributed by atoms with Crippen LogP contribution in [-0.2, 0) is 23.9 Å². The molecule has 0 heterocycles. The number of hydrogen-bond donors (Lipinski definition) is 0. The van der Waals surface area contributed by atoms with Crippen LogP contribution in [0, 0.1) is 11.3 Å². The van der Waals surface area contributed by atoms with Gasteiger partial charge >= 0.3 is 11.9 Å². The lowest BCUT2D eigenvalue weighted by molar-refractivity contribution is -0.165. The molecule has 24 heavy (non-hydrogen) atoms. The molecule has 0 aliphatic heterocycles. The standard InChI is InChI=1S/C18H22O5S/c1-3-23-16(20)11-18(17(21)22-2)13(9-10-15(18)19)12-24-14-7-5-4-6-8-14/h4-8,13H,3,9-12H2,1-2H3. The Balaban J connectivity index is 2.21. The van der Waals surface area contributed by atoms with Crippen LogP contribution in [0.2, 0.25) is 0 Å². The van der Waals surface area contributed by atoms with Gasteiger partial charge < -0.3 is 9.47 Å². The number of hydrogen-bond acceptors (Lipinski definition) is 6. The highest BCUT2D eigenvalue weighted by molar-refractivity contribution is 7.99. The molecule has 1 aliphatic rings. The summed E-state index contributed by atoms with van der Waals surface area (Å²) in [6, 6.07) is 9.77. The summed E-state index contributed by atoms with van der Waals surface area (Å²) in [6.07, 6.45) is 0.619. The van der Waals surface area contributed by atoms with E-state index in [-0.39, 0.29) is 31.1 Å². The van der Waals surface area contributed by atoms with Crippen molar-refractivity contribution < 1.29 is 23.9 Å². The van der Waals surface area contributed by atoms with Crippen molar-refractivity contribution in [2.45, 2.75) is 31.1 Å². The van der Waals surface area contributed by atoms with Crippen LogP contribution in [0.5, 0.6) is 0 Å². The Hall–Kier alpha value is -1.82. The van der Waals surface area contributed by atoms with E-state index in [0.717, 1.165) is 4.90 Å². The van der Waals surface area contributed by atoms with Crippen LogP contribution in [-0.4, -0.2) is 37.2 Å². The zero-order valence-electron chi connectivity index (χ0n) is 13.9. The fourth-order valence-corrected chi connectivity index (χ4v) is 4.35. The third-order valence-corrected chi connectivity index (χ3v) is 5.56. The van der Waals surface area contributed by atoms with E-state index in [1.54, 1.807) is 18.7 Å². The molecule has 0 spiro atoms. The van der Waals surface area contributed by atoms with Crippen LogP contribution >= 0.6 is 11.8 Å². The van der Waals surface area contributed by atoms with Crippen LogP contribution in [0.3, 0.4) is 0 Å². The number of ketones is 1. The lowest BCUT2D eigenvalue weighted by atomic mass is 9.75. The fraction of sp³-hybridized carbons (Fsp3) is 0.500. The summed E-state index contributed by atoms with van der Waals surface area (Å²) in [5, 5.41) is 0. The Bertz CT molecular complexity index is 601. The number of ether oxygens (including phenoxy) is 2. The highest BCUT2D eigenvalue weighted by Gasteiger charge is 2.57. The summed E-state index contributed by atoms with van der Waals surface area (Å²) in [4.78, 5) is 38.1. The first-order valence-electron chi connectivity index (χ1n) is 7.99. The minimum Gasteiger partial charge on any atom is -0.468 e. The van der Waals surface area contributed by atoms with E-state index in [1.165, 1.54) is 7.11 Å². The van der Waals surface area contributed by atoms with E-state index in [2.05, 4.69) is 0 Å². The summed E-state index contributed by atoms with van der Waals surface area (Å²) < 4.78 is 9.87. The first kappa shape index (κ1) is 18.5. The Kier molecular flexibility index (Phi) is 6.43. The van der Waals surface area contributed by atoms with Gasteiger partial charge in [0.1, 0.15) is 5.41 Å². The number of rotatable bonds is 7. The molecule has 1 fully saturated rings. The maximum absolute atomic E-state index is 12.5. The lowest BCUT2D eigenvalue weighted by Crippen LogP contribution is -2.44. The molecule has 5 nitrogen and oxygen atoms in total. The third kappa shape index (κ3) is 3.80. The molecule has 1 aromatic carbocycles. The summed E-state index contributed by atoms with van der Waals surface area (Å²) in [7, 11) is 1.25. The number of carbonyl (C=O) groups is 3. The summed E-state index contributed by atoms with van der Waals surface area (Å²) >= 11 is 1.58. The molecule has 1 aromatic rings. The molecule has 2 unspecified atom stereocenters. The van der Waals surface area contributed by atoms with Crippen molar-refractivity contribution in [1.82, 2.24) is 0 Å². The first-order valence-corrected chi connectivity index (χ1v) is 8.98. The first-order chi connectivity index (χ1) is 11.5. The molecule has 0 bridgehead atoms. The Morgan fingerprint density at radius 2 is 2.00 bits per heavy atom. The van der Waals surface area contributed by atoms with Gasteiger partial charge in [-0.05, 0) is 31.4 Å². The molecule has 0 radical (unpaired) electrons. The summed E-state index contributed by atoms with van der Waals surface area (Å²) in [5.41, 5.74) is -1.41. The Morgan fingerprint density at radius 3 is 2.62 bits per heavy atom. The zero-order chi connectivity index (χ0) is 17.6. The van der Waals surface area contributed by atoms with Crippen LogP contribution in [0.25, 0.3) is 0 Å². The Labute approximate surface area is 146 Å². The molecular weight excluding hydrogens is 328 g/mol. The zero-order valence-corrected chi connectivity index (χ0v) is 14.8. The summed E-state index contributed by atoms with van der Waals surface area (Å²) in [6.45, 7) is 1.91. The molecule has 2 rings (SSSR count). The smallest absolute Gasteiger partial charge is 0.320 e. The predicted molar refractivity (Wildman–Crippen MR) is 90.6 cm³/mol. The minimum atomic E-state index is -1.41. The van der Waals surface area contributed by atoms with E-state index in [1.807, 2.05) is 30.3 Å². The molecule has 0 aromatic heterocycles. The highest BCUT2D eigenvalue weighted by atomic mass is 32.2. The van der Waals surface area contributed by atoms with E-state index in [0.29, 0.717) is 12.2 Å². The largest absolute Gasteiger partial charge is 0.468 e. The van der Waals surface area contributed by atoms with Gasteiger partial charge in [0.25, 0.3) is 0 Å². The molecular formula is C18H22O5S. The Morgan fingerprint density at radius 1 is 1.29 bits per heavy atom. The van der Waals surface area contributed by atoms with Crippen molar-refractivity contribution in [1.29, 1.82) is 0 Å². The van der Waals surface area contributed by atoms with Crippen LogP contribution in [0.1, 0.15) is 26.2 Å². The second kappa shape index (κ2) is 8.33. The van der Waals surface area contributed by atoms with Crippen LogP contribution in [0.15, 0.2) is 35.2 Å². The van der Waals surface area contributed by atoms with E-state index in [9.17, 15) is 14.4 Å². The number of benzene rings is 1. The van der Waals surface area contributed by atoms with Gasteiger partial charge in [0, 0.05) is 17.1 Å². The topological polar surface area (TPSA) is 69.7 Å². The van der Waals surface area contributed by atoms with Crippen LogP contribution < -0.4 is 0 Å². The van der Waals surface area contributed by atoms with Crippen LogP contribution in [0.4, 0.5) is 0 Å². The number of Topliss-reactive ketones (excluding diaryl/α,β-unsaturated/α-hetero) is 1. The molecule has 130 valence electrons. The van der Waals surface area contributed by atoms with E-state index < -0.39 is 17.4 Å². The van der Waals surface area contributed by atoms with Gasteiger partial charge in [0.2, 0.25) is 0 Å². The van der Waals surface area contributed by atoms with Gasteiger partial charge in [-0.15, -0.1) is 11.8 Å². The fourth-order valence-electron chi connectivity index (χ4n) is 3.16. The highest BCUT2D eigenvalue weighted by Crippen LogP contribution is 2.46. The number of methoxy groups -OCH3 is 1. The van der Waals surface area contributed by atoms with Gasteiger partial charge in [0.05, 0.1) is 20.1 Å². The van der Waals surface area contributed by atoms with Crippen molar-refractivity contribution in [2.75, 3.05) is 19.5 Å². The molecule has 1 saturated carbocycles. The maximum atomic E-state index is 12.5. The summed E-state index contributed by atoms with van der Waals surface area (Å²) in [5.74, 6) is -1.05. The molecule has 0 amide bonds. The maximum Gasteiger partial charge on any atom is 0.320 e. The monoisotopic (exact) mass is 350 g/mol.